The summed E-state index contributed by atoms with van der Waals surface area (Å²) >= 11 is 0. The average molecular weight is 270 g/mol. The summed E-state index contributed by atoms with van der Waals surface area (Å²) in [5.41, 5.74) is 0.334. The maximum Gasteiger partial charge on any atom is 0.0593 e. The predicted molar refractivity (Wildman–Crippen MR) is 82.6 cm³/mol. The standard InChI is InChI=1S/C16H34N2O/c1-6-10-19-11-9-18-12-15(14(4)5)17-13-16(18,7-2)8-3/h14-15,17H,6-13H2,1-5H3. The van der Waals surface area contributed by atoms with Gasteiger partial charge >= 0.3 is 0 Å². The number of hydrogen-bond acceptors (Lipinski definition) is 3. The maximum atomic E-state index is 5.70. The largest absolute Gasteiger partial charge is 0.380 e. The molecule has 0 radical (unpaired) electrons. The minimum Gasteiger partial charge on any atom is -0.380 e. The van der Waals surface area contributed by atoms with Crippen molar-refractivity contribution in [2.45, 2.75) is 65.5 Å². The summed E-state index contributed by atoms with van der Waals surface area (Å²) in [5.74, 6) is 0.700. The number of ether oxygens (including phenoxy) is 1. The lowest BCUT2D eigenvalue weighted by atomic mass is 9.85. The van der Waals surface area contributed by atoms with Crippen LogP contribution in [0, 0.1) is 5.92 Å². The summed E-state index contributed by atoms with van der Waals surface area (Å²) in [6.45, 7) is 16.6. The van der Waals surface area contributed by atoms with Gasteiger partial charge in [-0.1, -0.05) is 34.6 Å². The van der Waals surface area contributed by atoms with E-state index in [-0.39, 0.29) is 0 Å². The quantitative estimate of drug-likeness (QED) is 0.686. The fraction of sp³-hybridized carbons (Fsp3) is 1.00. The molecule has 0 aromatic carbocycles. The van der Waals surface area contributed by atoms with E-state index < -0.39 is 0 Å². The molecule has 1 heterocycles. The molecule has 0 bridgehead atoms. The smallest absolute Gasteiger partial charge is 0.0593 e. The fourth-order valence-corrected chi connectivity index (χ4v) is 3.07. The minimum absolute atomic E-state index is 0.334. The second-order valence-corrected chi connectivity index (χ2v) is 6.22. The van der Waals surface area contributed by atoms with Gasteiger partial charge in [-0.15, -0.1) is 0 Å². The molecular weight excluding hydrogens is 236 g/mol. The molecule has 0 aromatic heterocycles. The number of rotatable bonds is 8. The predicted octanol–water partition coefficient (Wildman–Crippen LogP) is 2.90. The van der Waals surface area contributed by atoms with Crippen LogP contribution in [-0.2, 0) is 4.74 Å². The van der Waals surface area contributed by atoms with Gasteiger partial charge in [0, 0.05) is 37.8 Å². The highest BCUT2D eigenvalue weighted by atomic mass is 16.5. The summed E-state index contributed by atoms with van der Waals surface area (Å²) < 4.78 is 5.70. The van der Waals surface area contributed by atoms with E-state index >= 15 is 0 Å². The van der Waals surface area contributed by atoms with E-state index in [1.54, 1.807) is 0 Å². The third-order valence-corrected chi connectivity index (χ3v) is 4.76. The highest BCUT2D eigenvalue weighted by Crippen LogP contribution is 2.28. The number of piperazine rings is 1. The molecule has 1 N–H and O–H groups in total. The summed E-state index contributed by atoms with van der Waals surface area (Å²) in [7, 11) is 0. The molecule has 1 atom stereocenters. The van der Waals surface area contributed by atoms with Crippen LogP contribution in [0.15, 0.2) is 0 Å². The zero-order valence-corrected chi connectivity index (χ0v) is 13.7. The van der Waals surface area contributed by atoms with E-state index in [4.69, 9.17) is 4.74 Å². The Kier molecular flexibility index (Phi) is 7.33. The van der Waals surface area contributed by atoms with E-state index in [9.17, 15) is 0 Å². The van der Waals surface area contributed by atoms with Crippen LogP contribution in [0.4, 0.5) is 0 Å². The van der Waals surface area contributed by atoms with E-state index in [1.807, 2.05) is 0 Å². The van der Waals surface area contributed by atoms with Crippen LogP contribution in [0.1, 0.15) is 53.9 Å². The second-order valence-electron chi connectivity index (χ2n) is 6.22. The fourth-order valence-electron chi connectivity index (χ4n) is 3.07. The Balaban J connectivity index is 2.60. The summed E-state index contributed by atoms with van der Waals surface area (Å²) in [6, 6.07) is 0.623. The van der Waals surface area contributed by atoms with Crippen LogP contribution < -0.4 is 5.32 Å². The Morgan fingerprint density at radius 2 is 1.89 bits per heavy atom. The van der Waals surface area contributed by atoms with Gasteiger partial charge in [0.05, 0.1) is 6.61 Å². The molecule has 1 aliphatic rings. The van der Waals surface area contributed by atoms with Crippen LogP contribution in [0.5, 0.6) is 0 Å². The van der Waals surface area contributed by atoms with Crippen LogP contribution in [-0.4, -0.2) is 49.3 Å². The molecule has 3 nitrogen and oxygen atoms in total. The van der Waals surface area contributed by atoms with Crippen LogP contribution in [0.2, 0.25) is 0 Å². The molecule has 0 spiro atoms. The van der Waals surface area contributed by atoms with Gasteiger partial charge in [-0.2, -0.15) is 0 Å². The summed E-state index contributed by atoms with van der Waals surface area (Å²) in [4.78, 5) is 2.68. The average Bonchev–Trinajstić information content (AvgIpc) is 2.43. The van der Waals surface area contributed by atoms with Crippen molar-refractivity contribution in [3.05, 3.63) is 0 Å². The second kappa shape index (κ2) is 8.23. The van der Waals surface area contributed by atoms with Crippen molar-refractivity contribution in [1.29, 1.82) is 0 Å². The van der Waals surface area contributed by atoms with Crippen molar-refractivity contribution in [3.63, 3.8) is 0 Å². The third-order valence-electron chi connectivity index (χ3n) is 4.76. The minimum atomic E-state index is 0.334. The van der Waals surface area contributed by atoms with Gasteiger partial charge in [0.2, 0.25) is 0 Å². The molecule has 1 unspecified atom stereocenters. The van der Waals surface area contributed by atoms with Crippen LogP contribution in [0.3, 0.4) is 0 Å². The highest BCUT2D eigenvalue weighted by molar-refractivity contribution is 4.98. The van der Waals surface area contributed by atoms with E-state index in [2.05, 4.69) is 44.8 Å². The van der Waals surface area contributed by atoms with Gasteiger partial charge in [-0.05, 0) is 25.2 Å². The molecule has 3 heteroatoms. The normalized spacial score (nSPS) is 24.0. The zero-order chi connectivity index (χ0) is 14.3. The molecule has 19 heavy (non-hydrogen) atoms. The number of hydrogen-bond donors (Lipinski definition) is 1. The molecule has 0 aromatic rings. The van der Waals surface area contributed by atoms with Gasteiger partial charge < -0.3 is 10.1 Å². The van der Waals surface area contributed by atoms with Crippen LogP contribution >= 0.6 is 0 Å². The lowest BCUT2D eigenvalue weighted by molar-refractivity contribution is -0.00186. The Labute approximate surface area is 120 Å². The van der Waals surface area contributed by atoms with E-state index in [1.165, 1.54) is 12.8 Å². The van der Waals surface area contributed by atoms with Crippen molar-refractivity contribution in [2.24, 2.45) is 5.92 Å². The molecule has 1 aliphatic heterocycles. The molecule has 0 aliphatic carbocycles. The Bertz CT molecular complexity index is 239. The van der Waals surface area contributed by atoms with Crippen molar-refractivity contribution < 1.29 is 4.74 Å². The molecule has 0 saturated carbocycles. The highest BCUT2D eigenvalue weighted by Gasteiger charge is 2.39. The molecular formula is C16H34N2O. The monoisotopic (exact) mass is 270 g/mol. The first-order valence-corrected chi connectivity index (χ1v) is 8.15. The van der Waals surface area contributed by atoms with E-state index in [0.29, 0.717) is 17.5 Å². The topological polar surface area (TPSA) is 24.5 Å². The first-order chi connectivity index (χ1) is 9.09. The Morgan fingerprint density at radius 3 is 2.42 bits per heavy atom. The number of nitrogens with one attached hydrogen (secondary N) is 1. The van der Waals surface area contributed by atoms with Gasteiger partial charge in [-0.3, -0.25) is 4.90 Å². The van der Waals surface area contributed by atoms with Crippen molar-refractivity contribution in [2.75, 3.05) is 32.8 Å². The van der Waals surface area contributed by atoms with Crippen molar-refractivity contribution >= 4 is 0 Å². The third kappa shape index (κ3) is 4.44. The molecule has 0 amide bonds. The van der Waals surface area contributed by atoms with E-state index in [0.717, 1.165) is 39.3 Å². The molecule has 1 rings (SSSR count). The lowest BCUT2D eigenvalue weighted by Gasteiger charge is -2.50. The van der Waals surface area contributed by atoms with Crippen LogP contribution in [0.25, 0.3) is 0 Å². The van der Waals surface area contributed by atoms with Gasteiger partial charge in [0.1, 0.15) is 0 Å². The van der Waals surface area contributed by atoms with Crippen molar-refractivity contribution in [3.8, 4) is 0 Å². The lowest BCUT2D eigenvalue weighted by Crippen LogP contribution is -2.65. The Morgan fingerprint density at radius 1 is 1.21 bits per heavy atom. The molecule has 114 valence electrons. The maximum absolute atomic E-state index is 5.70. The first kappa shape index (κ1) is 16.9. The van der Waals surface area contributed by atoms with Gasteiger partial charge in [0.15, 0.2) is 0 Å². The van der Waals surface area contributed by atoms with Gasteiger partial charge in [0.25, 0.3) is 0 Å². The molecule has 1 fully saturated rings. The van der Waals surface area contributed by atoms with Crippen molar-refractivity contribution in [1.82, 2.24) is 10.2 Å². The summed E-state index contributed by atoms with van der Waals surface area (Å²) in [5, 5.41) is 3.76. The zero-order valence-electron chi connectivity index (χ0n) is 13.7. The van der Waals surface area contributed by atoms with Gasteiger partial charge in [-0.25, -0.2) is 0 Å². The first-order valence-electron chi connectivity index (χ1n) is 8.15. The molecule has 1 saturated heterocycles. The SMILES string of the molecule is CCCOCCN1CC(C(C)C)NCC1(CC)CC. The summed E-state index contributed by atoms with van der Waals surface area (Å²) in [6.07, 6.45) is 3.55. The Hall–Kier alpha value is -0.120. The number of nitrogens with zero attached hydrogens (tertiary/aromatic N) is 1.